The SMILES string of the molecule is Brc1ccc2c(c1)c1cc(Br)ccc1n2CC1(COc2ccccc2)N=N1. The number of hydrogen-bond acceptors (Lipinski definition) is 3. The molecule has 4 nitrogen and oxygen atoms in total. The van der Waals surface area contributed by atoms with E-state index in [0.29, 0.717) is 13.2 Å². The fourth-order valence-electron chi connectivity index (χ4n) is 3.43. The van der Waals surface area contributed by atoms with E-state index in [1.165, 1.54) is 21.8 Å². The molecule has 0 saturated heterocycles. The molecule has 134 valence electrons. The quantitative estimate of drug-likeness (QED) is 0.316. The van der Waals surface area contributed by atoms with Crippen LogP contribution in [0, 0.1) is 0 Å². The maximum atomic E-state index is 5.93. The number of benzene rings is 3. The van der Waals surface area contributed by atoms with E-state index in [-0.39, 0.29) is 0 Å². The van der Waals surface area contributed by atoms with Crippen LogP contribution in [0.1, 0.15) is 0 Å². The van der Waals surface area contributed by atoms with Gasteiger partial charge in [0, 0.05) is 30.8 Å². The zero-order chi connectivity index (χ0) is 18.4. The zero-order valence-electron chi connectivity index (χ0n) is 14.3. The molecule has 0 spiro atoms. The van der Waals surface area contributed by atoms with Gasteiger partial charge in [0.05, 0.1) is 6.54 Å². The molecule has 1 aliphatic rings. The normalized spacial score (nSPS) is 14.7. The molecule has 3 aromatic carbocycles. The first-order chi connectivity index (χ1) is 13.1. The Balaban J connectivity index is 1.52. The molecule has 0 aliphatic carbocycles. The molecule has 0 bridgehead atoms. The Morgan fingerprint density at radius 1 is 0.815 bits per heavy atom. The van der Waals surface area contributed by atoms with Crippen molar-refractivity contribution >= 4 is 53.7 Å². The van der Waals surface area contributed by atoms with Crippen LogP contribution < -0.4 is 4.74 Å². The summed E-state index contributed by atoms with van der Waals surface area (Å²) in [5.74, 6) is 0.837. The predicted molar refractivity (Wildman–Crippen MR) is 114 cm³/mol. The minimum Gasteiger partial charge on any atom is -0.489 e. The molecule has 0 radical (unpaired) electrons. The van der Waals surface area contributed by atoms with Crippen molar-refractivity contribution in [3.63, 3.8) is 0 Å². The van der Waals surface area contributed by atoms with Crippen molar-refractivity contribution in [2.24, 2.45) is 10.2 Å². The summed E-state index contributed by atoms with van der Waals surface area (Å²) in [4.78, 5) is 0. The van der Waals surface area contributed by atoms with E-state index in [1.807, 2.05) is 30.3 Å². The van der Waals surface area contributed by atoms with Gasteiger partial charge in [0.25, 0.3) is 0 Å². The summed E-state index contributed by atoms with van der Waals surface area (Å²) in [6.07, 6.45) is 0. The molecule has 1 aromatic heterocycles. The van der Waals surface area contributed by atoms with Crippen LogP contribution in [0.4, 0.5) is 0 Å². The van der Waals surface area contributed by atoms with Crippen molar-refractivity contribution in [3.05, 3.63) is 75.7 Å². The second kappa shape index (κ2) is 6.46. The summed E-state index contributed by atoms with van der Waals surface area (Å²) in [5, 5.41) is 11.1. The third-order valence-corrected chi connectivity index (χ3v) is 5.78. The molecule has 0 unspecified atom stereocenters. The average molecular weight is 485 g/mol. The summed E-state index contributed by atoms with van der Waals surface area (Å²) in [6, 6.07) is 22.5. The number of halogens is 2. The van der Waals surface area contributed by atoms with Crippen molar-refractivity contribution in [3.8, 4) is 5.75 Å². The van der Waals surface area contributed by atoms with Gasteiger partial charge in [-0.1, -0.05) is 50.1 Å². The van der Waals surface area contributed by atoms with Gasteiger partial charge >= 0.3 is 0 Å². The molecular weight excluding hydrogens is 470 g/mol. The minimum absolute atomic E-state index is 0.436. The Labute approximate surface area is 173 Å². The maximum Gasteiger partial charge on any atom is 0.241 e. The van der Waals surface area contributed by atoms with Crippen LogP contribution in [-0.4, -0.2) is 16.8 Å². The van der Waals surface area contributed by atoms with Gasteiger partial charge in [-0.3, -0.25) is 0 Å². The largest absolute Gasteiger partial charge is 0.489 e. The zero-order valence-corrected chi connectivity index (χ0v) is 17.4. The number of hydrogen-bond donors (Lipinski definition) is 0. The average Bonchev–Trinajstić information content (AvgIpc) is 3.39. The van der Waals surface area contributed by atoms with Gasteiger partial charge in [-0.2, -0.15) is 10.2 Å². The predicted octanol–water partition coefficient (Wildman–Crippen LogP) is 6.56. The monoisotopic (exact) mass is 483 g/mol. The lowest BCUT2D eigenvalue weighted by Gasteiger charge is -2.15. The molecule has 1 aliphatic heterocycles. The van der Waals surface area contributed by atoms with Gasteiger partial charge in [-0.25, -0.2) is 0 Å². The lowest BCUT2D eigenvalue weighted by molar-refractivity contribution is 0.254. The van der Waals surface area contributed by atoms with Gasteiger partial charge in [-0.05, 0) is 48.5 Å². The lowest BCUT2D eigenvalue weighted by Crippen LogP contribution is -2.27. The van der Waals surface area contributed by atoms with Crippen molar-refractivity contribution in [1.82, 2.24) is 4.57 Å². The van der Waals surface area contributed by atoms with Crippen LogP contribution in [0.15, 0.2) is 85.9 Å². The van der Waals surface area contributed by atoms with Crippen LogP contribution in [0.2, 0.25) is 0 Å². The number of para-hydroxylation sites is 1. The highest BCUT2D eigenvalue weighted by atomic mass is 79.9. The second-order valence-corrected chi connectivity index (χ2v) is 8.52. The topological polar surface area (TPSA) is 38.9 Å². The van der Waals surface area contributed by atoms with E-state index in [0.717, 1.165) is 14.7 Å². The standard InChI is InChI=1S/C21H15Br2N3O/c22-14-6-8-19-17(10-14)18-11-15(23)7-9-20(18)26(19)12-21(24-25-21)13-27-16-4-2-1-3-5-16/h1-11H,12-13H2. The Hall–Kier alpha value is -2.18. The molecule has 5 rings (SSSR count). The highest BCUT2D eigenvalue weighted by Crippen LogP contribution is 2.37. The first kappa shape index (κ1) is 17.0. The van der Waals surface area contributed by atoms with Crippen molar-refractivity contribution in [1.29, 1.82) is 0 Å². The summed E-state index contributed by atoms with van der Waals surface area (Å²) in [6.45, 7) is 1.09. The smallest absolute Gasteiger partial charge is 0.241 e. The minimum atomic E-state index is -0.519. The van der Waals surface area contributed by atoms with Gasteiger partial charge in [0.2, 0.25) is 5.66 Å². The van der Waals surface area contributed by atoms with Crippen molar-refractivity contribution in [2.75, 3.05) is 6.61 Å². The molecule has 0 saturated carbocycles. The van der Waals surface area contributed by atoms with E-state index in [2.05, 4.69) is 83.1 Å². The lowest BCUT2D eigenvalue weighted by atomic mass is 10.2. The number of rotatable bonds is 5. The summed E-state index contributed by atoms with van der Waals surface area (Å²) in [7, 11) is 0. The molecule has 0 amide bonds. The van der Waals surface area contributed by atoms with Crippen molar-refractivity contribution < 1.29 is 4.74 Å². The number of ether oxygens (including phenoxy) is 1. The summed E-state index contributed by atoms with van der Waals surface area (Å²) >= 11 is 7.18. The van der Waals surface area contributed by atoms with E-state index < -0.39 is 5.66 Å². The molecule has 27 heavy (non-hydrogen) atoms. The molecular formula is C21H15Br2N3O. The second-order valence-electron chi connectivity index (χ2n) is 6.69. The Morgan fingerprint density at radius 2 is 1.41 bits per heavy atom. The highest BCUT2D eigenvalue weighted by Gasteiger charge is 2.42. The van der Waals surface area contributed by atoms with Crippen LogP contribution in [0.25, 0.3) is 21.8 Å². The maximum absolute atomic E-state index is 5.93. The molecule has 4 aromatic rings. The van der Waals surface area contributed by atoms with Crippen LogP contribution in [0.5, 0.6) is 5.75 Å². The Morgan fingerprint density at radius 3 is 1.96 bits per heavy atom. The van der Waals surface area contributed by atoms with E-state index >= 15 is 0 Å². The fraction of sp³-hybridized carbons (Fsp3) is 0.143. The van der Waals surface area contributed by atoms with Gasteiger partial charge < -0.3 is 9.30 Å². The molecule has 2 heterocycles. The van der Waals surface area contributed by atoms with Gasteiger partial charge in [0.15, 0.2) is 0 Å². The highest BCUT2D eigenvalue weighted by molar-refractivity contribution is 9.10. The number of aromatic nitrogens is 1. The number of nitrogens with zero attached hydrogens (tertiary/aromatic N) is 3. The fourth-order valence-corrected chi connectivity index (χ4v) is 4.15. The third-order valence-electron chi connectivity index (χ3n) is 4.80. The van der Waals surface area contributed by atoms with Crippen molar-refractivity contribution in [2.45, 2.75) is 12.2 Å². The third kappa shape index (κ3) is 3.17. The summed E-state index contributed by atoms with van der Waals surface area (Å²) < 4.78 is 10.4. The van der Waals surface area contributed by atoms with Crippen LogP contribution in [0.3, 0.4) is 0 Å². The molecule has 6 heteroatoms. The van der Waals surface area contributed by atoms with Gasteiger partial charge in [0.1, 0.15) is 12.4 Å². The van der Waals surface area contributed by atoms with Crippen LogP contribution >= 0.6 is 31.9 Å². The van der Waals surface area contributed by atoms with E-state index in [4.69, 9.17) is 4.74 Å². The van der Waals surface area contributed by atoms with E-state index in [9.17, 15) is 0 Å². The first-order valence-electron chi connectivity index (χ1n) is 8.63. The molecule has 0 N–H and O–H groups in total. The van der Waals surface area contributed by atoms with Crippen LogP contribution in [-0.2, 0) is 6.54 Å². The van der Waals surface area contributed by atoms with E-state index in [1.54, 1.807) is 0 Å². The Kier molecular flexibility index (Phi) is 4.06. The van der Waals surface area contributed by atoms with Gasteiger partial charge in [-0.15, -0.1) is 0 Å². The first-order valence-corrected chi connectivity index (χ1v) is 10.2. The molecule has 0 fully saturated rings. The number of fused-ring (bicyclic) bond motifs is 3. The summed E-state index contributed by atoms with van der Waals surface area (Å²) in [5.41, 5.74) is 1.82. The molecule has 0 atom stereocenters. The Bertz CT molecular complexity index is 1120.